The second-order valence-corrected chi connectivity index (χ2v) is 6.65. The van der Waals surface area contributed by atoms with Crippen molar-refractivity contribution in [1.82, 2.24) is 0 Å². The lowest BCUT2D eigenvalue weighted by molar-refractivity contribution is -0.157. The Morgan fingerprint density at radius 2 is 1.88 bits per heavy atom. The number of carbonyl (C=O) groups is 1. The van der Waals surface area contributed by atoms with Gasteiger partial charge in [0.15, 0.2) is 11.5 Å². The van der Waals surface area contributed by atoms with E-state index in [9.17, 15) is 4.79 Å². The quantitative estimate of drug-likeness (QED) is 0.447. The van der Waals surface area contributed by atoms with Crippen LogP contribution in [0.2, 0.25) is 0 Å². The summed E-state index contributed by atoms with van der Waals surface area (Å²) in [7, 11) is 3.29. The average molecular weight is 352 g/mol. The summed E-state index contributed by atoms with van der Waals surface area (Å²) in [5, 5.41) is 0. The Kier molecular flexibility index (Phi) is 8.76. The van der Waals surface area contributed by atoms with Gasteiger partial charge in [-0.1, -0.05) is 19.9 Å². The maximum absolute atomic E-state index is 12.5. The molecule has 142 valence electrons. The minimum absolute atomic E-state index is 0.153. The zero-order chi connectivity index (χ0) is 18.9. The largest absolute Gasteiger partial charge is 0.493 e. The third kappa shape index (κ3) is 5.92. The Bertz CT molecular complexity index is 541. The van der Waals surface area contributed by atoms with Crippen LogP contribution in [0.25, 0.3) is 0 Å². The number of benzene rings is 1. The fourth-order valence-corrected chi connectivity index (χ4v) is 2.56. The molecule has 0 amide bonds. The van der Waals surface area contributed by atoms with E-state index in [1.807, 2.05) is 45.9 Å². The van der Waals surface area contributed by atoms with Crippen LogP contribution in [0.1, 0.15) is 39.7 Å². The monoisotopic (exact) mass is 352 g/mol. The predicted molar refractivity (Wildman–Crippen MR) is 98.3 cm³/mol. The summed E-state index contributed by atoms with van der Waals surface area (Å²) in [6.07, 6.45) is 1.39. The molecule has 0 aromatic heterocycles. The Morgan fingerprint density at radius 3 is 2.44 bits per heavy atom. The number of esters is 1. The fraction of sp³-hybridized carbons (Fsp3) is 0.650. The molecule has 0 aliphatic carbocycles. The zero-order valence-corrected chi connectivity index (χ0v) is 16.4. The number of hydrogen-bond donors (Lipinski definition) is 0. The van der Waals surface area contributed by atoms with Gasteiger partial charge in [0.2, 0.25) is 0 Å². The van der Waals surface area contributed by atoms with Crippen LogP contribution in [-0.4, -0.2) is 40.0 Å². The summed E-state index contributed by atoms with van der Waals surface area (Å²) in [6.45, 7) is 9.46. The van der Waals surface area contributed by atoms with Crippen molar-refractivity contribution in [2.75, 3.05) is 34.0 Å². The van der Waals surface area contributed by atoms with Crippen LogP contribution in [-0.2, 0) is 20.7 Å². The highest BCUT2D eigenvalue weighted by molar-refractivity contribution is 5.77. The highest BCUT2D eigenvalue weighted by atomic mass is 16.5. The second kappa shape index (κ2) is 10.3. The molecule has 0 radical (unpaired) electrons. The van der Waals surface area contributed by atoms with Crippen LogP contribution in [0.3, 0.4) is 0 Å². The molecule has 1 rings (SSSR count). The standard InChI is InChI=1S/C20H32O5/c1-7-24-19(21)20(4,15(2)3)14-16-9-10-17(23-6)18(13-16)25-12-8-11-22-5/h9-10,13,15H,7-8,11-12,14H2,1-6H3. The zero-order valence-electron chi connectivity index (χ0n) is 16.4. The van der Waals surface area contributed by atoms with Crippen LogP contribution < -0.4 is 9.47 Å². The van der Waals surface area contributed by atoms with E-state index in [-0.39, 0.29) is 11.9 Å². The molecule has 0 bridgehead atoms. The molecule has 0 spiro atoms. The third-order valence-corrected chi connectivity index (χ3v) is 4.57. The summed E-state index contributed by atoms with van der Waals surface area (Å²) in [6, 6.07) is 5.80. The highest BCUT2D eigenvalue weighted by Crippen LogP contribution is 2.36. The Morgan fingerprint density at radius 1 is 1.16 bits per heavy atom. The van der Waals surface area contributed by atoms with Gasteiger partial charge in [-0.2, -0.15) is 0 Å². The SMILES string of the molecule is CCOC(=O)C(C)(Cc1ccc(OC)c(OCCCOC)c1)C(C)C. The molecule has 0 aliphatic heterocycles. The summed E-state index contributed by atoms with van der Waals surface area (Å²) < 4.78 is 21.5. The molecular weight excluding hydrogens is 320 g/mol. The van der Waals surface area contributed by atoms with Crippen LogP contribution in [0.4, 0.5) is 0 Å². The summed E-state index contributed by atoms with van der Waals surface area (Å²) >= 11 is 0. The van der Waals surface area contributed by atoms with Gasteiger partial charge in [-0.3, -0.25) is 4.79 Å². The molecule has 1 atom stereocenters. The normalized spacial score (nSPS) is 13.4. The Balaban J connectivity index is 2.97. The first-order valence-electron chi connectivity index (χ1n) is 8.84. The van der Waals surface area contributed by atoms with E-state index in [0.717, 1.165) is 12.0 Å². The molecule has 0 saturated carbocycles. The summed E-state index contributed by atoms with van der Waals surface area (Å²) in [5.74, 6) is 1.36. The fourth-order valence-electron chi connectivity index (χ4n) is 2.56. The molecule has 1 aromatic carbocycles. The minimum Gasteiger partial charge on any atom is -0.493 e. The minimum atomic E-state index is -0.585. The van der Waals surface area contributed by atoms with E-state index in [4.69, 9.17) is 18.9 Å². The van der Waals surface area contributed by atoms with Crippen molar-refractivity contribution in [2.24, 2.45) is 11.3 Å². The highest BCUT2D eigenvalue weighted by Gasteiger charge is 2.38. The average Bonchev–Trinajstić information content (AvgIpc) is 2.59. The first-order valence-corrected chi connectivity index (χ1v) is 8.84. The van der Waals surface area contributed by atoms with E-state index < -0.39 is 5.41 Å². The number of rotatable bonds is 11. The number of ether oxygens (including phenoxy) is 4. The van der Waals surface area contributed by atoms with Crippen molar-refractivity contribution in [1.29, 1.82) is 0 Å². The maximum Gasteiger partial charge on any atom is 0.312 e. The molecule has 25 heavy (non-hydrogen) atoms. The van der Waals surface area contributed by atoms with Crippen LogP contribution >= 0.6 is 0 Å². The van der Waals surface area contributed by atoms with Gasteiger partial charge in [0, 0.05) is 20.1 Å². The van der Waals surface area contributed by atoms with Gasteiger partial charge < -0.3 is 18.9 Å². The molecule has 0 N–H and O–H groups in total. The smallest absolute Gasteiger partial charge is 0.312 e. The van der Waals surface area contributed by atoms with Gasteiger partial charge in [0.1, 0.15) is 0 Å². The van der Waals surface area contributed by atoms with Gasteiger partial charge in [-0.25, -0.2) is 0 Å². The molecule has 1 unspecified atom stereocenters. The first kappa shape index (κ1) is 21.3. The van der Waals surface area contributed by atoms with Gasteiger partial charge in [0.05, 0.1) is 25.7 Å². The van der Waals surface area contributed by atoms with Crippen LogP contribution in [0.15, 0.2) is 18.2 Å². The van der Waals surface area contributed by atoms with Gasteiger partial charge in [-0.05, 0) is 43.9 Å². The van der Waals surface area contributed by atoms with Crippen LogP contribution in [0, 0.1) is 11.3 Å². The van der Waals surface area contributed by atoms with Gasteiger partial charge >= 0.3 is 5.97 Å². The predicted octanol–water partition coefficient (Wildman–Crippen LogP) is 3.88. The van der Waals surface area contributed by atoms with E-state index in [2.05, 4.69) is 0 Å². The molecule has 5 heteroatoms. The molecule has 5 nitrogen and oxygen atoms in total. The van der Waals surface area contributed by atoms with Crippen molar-refractivity contribution < 1.29 is 23.7 Å². The van der Waals surface area contributed by atoms with Crippen molar-refractivity contribution in [3.8, 4) is 11.5 Å². The van der Waals surface area contributed by atoms with Crippen molar-refractivity contribution in [3.05, 3.63) is 23.8 Å². The molecule has 0 saturated heterocycles. The van der Waals surface area contributed by atoms with Crippen molar-refractivity contribution >= 4 is 5.97 Å². The molecule has 0 fully saturated rings. The van der Waals surface area contributed by atoms with Gasteiger partial charge in [-0.15, -0.1) is 0 Å². The maximum atomic E-state index is 12.5. The van der Waals surface area contributed by atoms with E-state index in [1.165, 1.54) is 0 Å². The first-order chi connectivity index (χ1) is 11.9. The lowest BCUT2D eigenvalue weighted by Gasteiger charge is -2.31. The topological polar surface area (TPSA) is 54.0 Å². The van der Waals surface area contributed by atoms with E-state index in [1.54, 1.807) is 14.2 Å². The van der Waals surface area contributed by atoms with Crippen molar-refractivity contribution in [3.63, 3.8) is 0 Å². The lowest BCUT2D eigenvalue weighted by atomic mass is 9.74. The molecular formula is C20H32O5. The van der Waals surface area contributed by atoms with E-state index in [0.29, 0.717) is 37.7 Å². The second-order valence-electron chi connectivity index (χ2n) is 6.65. The number of methoxy groups -OCH3 is 2. The third-order valence-electron chi connectivity index (χ3n) is 4.57. The van der Waals surface area contributed by atoms with Crippen LogP contribution in [0.5, 0.6) is 11.5 Å². The Labute approximate surface area is 151 Å². The number of carbonyl (C=O) groups excluding carboxylic acids is 1. The summed E-state index contributed by atoms with van der Waals surface area (Å²) in [5.41, 5.74) is 0.435. The van der Waals surface area contributed by atoms with Crippen molar-refractivity contribution in [2.45, 2.75) is 40.5 Å². The molecule has 0 aliphatic rings. The molecule has 0 heterocycles. The number of hydrogen-bond acceptors (Lipinski definition) is 5. The summed E-state index contributed by atoms with van der Waals surface area (Å²) in [4.78, 5) is 12.5. The molecule has 1 aromatic rings. The lowest BCUT2D eigenvalue weighted by Crippen LogP contribution is -2.37. The van der Waals surface area contributed by atoms with E-state index >= 15 is 0 Å². The Hall–Kier alpha value is -1.75. The van der Waals surface area contributed by atoms with Gasteiger partial charge in [0.25, 0.3) is 0 Å².